The third-order valence-electron chi connectivity index (χ3n) is 5.38. The Labute approximate surface area is 164 Å². The summed E-state index contributed by atoms with van der Waals surface area (Å²) < 4.78 is 0. The van der Waals surface area contributed by atoms with Gasteiger partial charge in [0.25, 0.3) is 0 Å². The highest BCUT2D eigenvalue weighted by Crippen LogP contribution is 2.24. The van der Waals surface area contributed by atoms with Crippen LogP contribution in [-0.4, -0.2) is 55.6 Å². The molecule has 0 amide bonds. The summed E-state index contributed by atoms with van der Waals surface area (Å²) in [5.74, 6) is 0. The van der Waals surface area contributed by atoms with Gasteiger partial charge in [0.15, 0.2) is 0 Å². The van der Waals surface area contributed by atoms with Gasteiger partial charge >= 0.3 is 0 Å². The zero-order valence-electron chi connectivity index (χ0n) is 15.6. The van der Waals surface area contributed by atoms with Gasteiger partial charge in [-0.3, -0.25) is 24.9 Å². The van der Waals surface area contributed by atoms with E-state index in [1.807, 2.05) is 24.5 Å². The smallest absolute Gasteiger partial charge is 0.133 e. The maximum atomic E-state index is 6.20. The van der Waals surface area contributed by atoms with E-state index in [0.717, 1.165) is 48.3 Å². The Morgan fingerprint density at radius 1 is 1.30 bits per heavy atom. The number of aromatic amines is 1. The molecule has 1 atom stereocenters. The molecule has 0 saturated carbocycles. The van der Waals surface area contributed by atoms with E-state index in [0.29, 0.717) is 11.2 Å². The molecule has 0 aromatic carbocycles. The molecule has 0 bridgehead atoms. The van der Waals surface area contributed by atoms with Gasteiger partial charge in [-0.25, -0.2) is 0 Å². The van der Waals surface area contributed by atoms with E-state index in [9.17, 15) is 0 Å². The Hall–Kier alpha value is -2.02. The van der Waals surface area contributed by atoms with Crippen LogP contribution in [0.15, 0.2) is 36.8 Å². The Bertz CT molecular complexity index is 881. The predicted octanol–water partition coefficient (Wildman–Crippen LogP) is 3.49. The van der Waals surface area contributed by atoms with Crippen LogP contribution in [-0.2, 0) is 13.1 Å². The first-order valence-corrected chi connectivity index (χ1v) is 9.95. The van der Waals surface area contributed by atoms with Gasteiger partial charge in [0.1, 0.15) is 10.7 Å². The van der Waals surface area contributed by atoms with Crippen LogP contribution >= 0.6 is 11.6 Å². The second kappa shape index (κ2) is 8.33. The number of nitrogens with one attached hydrogen (secondary N) is 1. The molecule has 6 nitrogen and oxygen atoms in total. The molecule has 27 heavy (non-hydrogen) atoms. The molecule has 1 aliphatic rings. The lowest BCUT2D eigenvalue weighted by atomic mass is 10.1. The maximum absolute atomic E-state index is 6.20. The lowest BCUT2D eigenvalue weighted by Crippen LogP contribution is -2.40. The normalized spacial score (nSPS) is 18.0. The summed E-state index contributed by atoms with van der Waals surface area (Å²) in [6.45, 7) is 7.15. The molecular formula is C20H25ClN6. The van der Waals surface area contributed by atoms with Gasteiger partial charge in [-0.2, -0.15) is 5.10 Å². The number of likely N-dealkylation sites (N-methyl/N-ethyl adjacent to an activating group) is 1. The summed E-state index contributed by atoms with van der Waals surface area (Å²) >= 11 is 6.20. The van der Waals surface area contributed by atoms with Crippen LogP contribution in [0, 0.1) is 0 Å². The highest BCUT2D eigenvalue weighted by Gasteiger charge is 2.26. The Kier molecular flexibility index (Phi) is 5.66. The molecule has 4 heterocycles. The molecular weight excluding hydrogens is 360 g/mol. The van der Waals surface area contributed by atoms with Crippen LogP contribution in [0.25, 0.3) is 10.9 Å². The summed E-state index contributed by atoms with van der Waals surface area (Å²) in [4.78, 5) is 13.9. The van der Waals surface area contributed by atoms with E-state index >= 15 is 0 Å². The van der Waals surface area contributed by atoms with Crippen LogP contribution in [0.5, 0.6) is 0 Å². The van der Waals surface area contributed by atoms with Crippen LogP contribution in [0.2, 0.25) is 5.15 Å². The summed E-state index contributed by atoms with van der Waals surface area (Å²) in [5, 5.41) is 8.68. The highest BCUT2D eigenvalue weighted by molar-refractivity contribution is 6.34. The summed E-state index contributed by atoms with van der Waals surface area (Å²) in [6, 6.07) is 6.68. The first-order valence-electron chi connectivity index (χ1n) is 9.57. The van der Waals surface area contributed by atoms with Crippen molar-refractivity contribution in [3.05, 3.63) is 53.2 Å². The highest BCUT2D eigenvalue weighted by atomic mass is 35.5. The molecule has 3 aromatic heterocycles. The largest absolute Gasteiger partial charge is 0.299 e. The fraction of sp³-hybridized carbons (Fsp3) is 0.450. The number of likely N-dealkylation sites (tertiary alicyclic amines) is 1. The van der Waals surface area contributed by atoms with Gasteiger partial charge in [0, 0.05) is 49.8 Å². The molecule has 3 aromatic rings. The third-order valence-corrected chi connectivity index (χ3v) is 5.66. The molecule has 4 rings (SSSR count). The summed E-state index contributed by atoms with van der Waals surface area (Å²) in [5.41, 5.74) is 3.08. The van der Waals surface area contributed by atoms with Crippen LogP contribution in [0.1, 0.15) is 31.0 Å². The lowest BCUT2D eigenvalue weighted by molar-refractivity contribution is 0.165. The van der Waals surface area contributed by atoms with Crippen molar-refractivity contribution in [3.63, 3.8) is 0 Å². The lowest BCUT2D eigenvalue weighted by Gasteiger charge is -2.30. The number of hydrogen-bond acceptors (Lipinski definition) is 5. The van der Waals surface area contributed by atoms with Crippen molar-refractivity contribution in [3.8, 4) is 0 Å². The Balaban J connectivity index is 1.58. The molecule has 1 N–H and O–H groups in total. The first-order chi connectivity index (χ1) is 13.2. The second-order valence-electron chi connectivity index (χ2n) is 7.15. The minimum Gasteiger partial charge on any atom is -0.299 e. The zero-order chi connectivity index (χ0) is 18.6. The van der Waals surface area contributed by atoms with Gasteiger partial charge in [-0.15, -0.1) is 0 Å². The molecule has 1 aliphatic heterocycles. The molecule has 0 radical (unpaired) electrons. The number of H-pyrrole nitrogens is 1. The fourth-order valence-electron chi connectivity index (χ4n) is 4.03. The number of nitrogens with zero attached hydrogens (tertiary/aromatic N) is 5. The number of hydrogen-bond donors (Lipinski definition) is 1. The van der Waals surface area contributed by atoms with Crippen molar-refractivity contribution in [1.82, 2.24) is 30.0 Å². The van der Waals surface area contributed by atoms with Gasteiger partial charge in [-0.1, -0.05) is 24.6 Å². The maximum Gasteiger partial charge on any atom is 0.133 e. The van der Waals surface area contributed by atoms with E-state index in [4.69, 9.17) is 11.6 Å². The summed E-state index contributed by atoms with van der Waals surface area (Å²) in [6.07, 6.45) is 8.06. The summed E-state index contributed by atoms with van der Waals surface area (Å²) in [7, 11) is 0. The van der Waals surface area contributed by atoms with E-state index < -0.39 is 0 Å². The molecule has 0 spiro atoms. The fourth-order valence-corrected chi connectivity index (χ4v) is 4.21. The van der Waals surface area contributed by atoms with Crippen molar-refractivity contribution >= 4 is 22.5 Å². The van der Waals surface area contributed by atoms with Gasteiger partial charge in [0.05, 0.1) is 11.1 Å². The number of aromatic nitrogens is 4. The first kappa shape index (κ1) is 18.3. The van der Waals surface area contributed by atoms with Gasteiger partial charge < -0.3 is 0 Å². The predicted molar refractivity (Wildman–Crippen MR) is 108 cm³/mol. The standard InChI is InChI=1S/C20H25ClN6/c1-2-27-9-5-7-17(27)14-26(13-16-6-3-4-8-23-16)12-15-10-22-11-18-19(15)24-25-20(18)21/h3-4,6,8,10-11,17H,2,5,7,9,12-14H2,1H3,(H,24,25). The number of halogens is 1. The Morgan fingerprint density at radius 2 is 2.22 bits per heavy atom. The minimum atomic E-state index is 0.545. The van der Waals surface area contributed by atoms with E-state index in [1.54, 1.807) is 6.20 Å². The third kappa shape index (κ3) is 4.13. The number of fused-ring (bicyclic) bond motifs is 1. The average molecular weight is 385 g/mol. The van der Waals surface area contributed by atoms with Crippen LogP contribution < -0.4 is 0 Å². The molecule has 0 aliphatic carbocycles. The molecule has 1 fully saturated rings. The van der Waals surface area contributed by atoms with Crippen molar-refractivity contribution in [1.29, 1.82) is 0 Å². The average Bonchev–Trinajstić information content (AvgIpc) is 3.30. The zero-order valence-corrected chi connectivity index (χ0v) is 16.4. The number of rotatable bonds is 7. The van der Waals surface area contributed by atoms with Crippen LogP contribution in [0.3, 0.4) is 0 Å². The van der Waals surface area contributed by atoms with E-state index in [1.165, 1.54) is 19.4 Å². The van der Waals surface area contributed by atoms with E-state index in [-0.39, 0.29) is 0 Å². The van der Waals surface area contributed by atoms with Crippen molar-refractivity contribution in [2.45, 2.75) is 38.9 Å². The quantitative estimate of drug-likeness (QED) is 0.675. The molecule has 142 valence electrons. The monoisotopic (exact) mass is 384 g/mol. The topological polar surface area (TPSA) is 60.9 Å². The number of pyridine rings is 2. The van der Waals surface area contributed by atoms with Crippen molar-refractivity contribution in [2.75, 3.05) is 19.6 Å². The van der Waals surface area contributed by atoms with Gasteiger partial charge in [0.2, 0.25) is 0 Å². The van der Waals surface area contributed by atoms with Crippen molar-refractivity contribution in [2.24, 2.45) is 0 Å². The molecule has 1 unspecified atom stereocenters. The van der Waals surface area contributed by atoms with Gasteiger partial charge in [-0.05, 0) is 38.1 Å². The SMILES string of the molecule is CCN1CCCC1CN(Cc1ccccn1)Cc1cncc2c(Cl)[nH]nc12. The Morgan fingerprint density at radius 3 is 3.04 bits per heavy atom. The van der Waals surface area contributed by atoms with E-state index in [2.05, 4.69) is 43.0 Å². The van der Waals surface area contributed by atoms with Crippen molar-refractivity contribution < 1.29 is 0 Å². The molecule has 7 heteroatoms. The second-order valence-corrected chi connectivity index (χ2v) is 7.53. The molecule has 1 saturated heterocycles. The minimum absolute atomic E-state index is 0.545. The van der Waals surface area contributed by atoms with Crippen LogP contribution in [0.4, 0.5) is 0 Å².